The SMILES string of the molecule is O=C(Nc1cccnc1)Nc1ccc(S(=O)(=O)Cl)cc1Cl. The number of halogens is 2. The lowest BCUT2D eigenvalue weighted by Crippen LogP contribution is -2.19. The van der Waals surface area contributed by atoms with E-state index in [9.17, 15) is 13.2 Å². The summed E-state index contributed by atoms with van der Waals surface area (Å²) in [4.78, 5) is 15.5. The number of amides is 2. The highest BCUT2D eigenvalue weighted by atomic mass is 35.7. The van der Waals surface area contributed by atoms with Crippen molar-refractivity contribution in [3.05, 3.63) is 47.7 Å². The van der Waals surface area contributed by atoms with Crippen LogP contribution in [0.1, 0.15) is 0 Å². The predicted molar refractivity (Wildman–Crippen MR) is 81.4 cm³/mol. The van der Waals surface area contributed by atoms with E-state index in [1.165, 1.54) is 18.3 Å². The highest BCUT2D eigenvalue weighted by Crippen LogP contribution is 2.27. The summed E-state index contributed by atoms with van der Waals surface area (Å²) in [6, 6.07) is 6.55. The first-order valence-corrected chi connectivity index (χ1v) is 8.27. The molecular weight excluding hydrogens is 337 g/mol. The van der Waals surface area contributed by atoms with Gasteiger partial charge in [-0.1, -0.05) is 11.6 Å². The van der Waals surface area contributed by atoms with Crippen molar-refractivity contribution in [2.75, 3.05) is 10.6 Å². The molecule has 2 amide bonds. The lowest BCUT2D eigenvalue weighted by molar-refractivity contribution is 0.262. The van der Waals surface area contributed by atoms with Crippen LogP contribution in [0.25, 0.3) is 0 Å². The van der Waals surface area contributed by atoms with Gasteiger partial charge in [0.1, 0.15) is 0 Å². The van der Waals surface area contributed by atoms with Crippen LogP contribution < -0.4 is 10.6 Å². The number of carbonyl (C=O) groups is 1. The maximum atomic E-state index is 11.8. The van der Waals surface area contributed by atoms with E-state index >= 15 is 0 Å². The summed E-state index contributed by atoms with van der Waals surface area (Å²) in [5, 5.41) is 5.09. The molecule has 0 fully saturated rings. The third-order valence-corrected chi connectivity index (χ3v) is 4.05. The minimum absolute atomic E-state index is 0.0538. The molecule has 0 bridgehead atoms. The van der Waals surface area contributed by atoms with Crippen molar-refractivity contribution in [1.82, 2.24) is 4.98 Å². The Kier molecular flexibility index (Phi) is 4.66. The summed E-state index contributed by atoms with van der Waals surface area (Å²) < 4.78 is 22.3. The quantitative estimate of drug-likeness (QED) is 0.835. The van der Waals surface area contributed by atoms with Crippen LogP contribution in [0.5, 0.6) is 0 Å². The van der Waals surface area contributed by atoms with Gasteiger partial charge in [-0.05, 0) is 30.3 Å². The van der Waals surface area contributed by atoms with Gasteiger partial charge in [0, 0.05) is 16.9 Å². The second-order valence-corrected chi connectivity index (χ2v) is 6.87. The topological polar surface area (TPSA) is 88.2 Å². The Balaban J connectivity index is 2.11. The Labute approximate surface area is 130 Å². The van der Waals surface area contributed by atoms with E-state index < -0.39 is 15.1 Å². The van der Waals surface area contributed by atoms with Crippen LogP contribution in [0.2, 0.25) is 5.02 Å². The molecule has 0 aliphatic heterocycles. The van der Waals surface area contributed by atoms with E-state index in [-0.39, 0.29) is 15.6 Å². The summed E-state index contributed by atoms with van der Waals surface area (Å²) in [6.07, 6.45) is 3.05. The standard InChI is InChI=1S/C12H9Cl2N3O3S/c13-10-6-9(21(14,19)20)3-4-11(10)17-12(18)16-8-2-1-5-15-7-8/h1-7H,(H2,16,17,18). The minimum atomic E-state index is -3.87. The molecule has 0 atom stereocenters. The van der Waals surface area contributed by atoms with Gasteiger partial charge in [0.2, 0.25) is 0 Å². The number of nitrogens with zero attached hydrogens (tertiary/aromatic N) is 1. The Morgan fingerprint density at radius 2 is 1.95 bits per heavy atom. The van der Waals surface area contributed by atoms with E-state index in [1.807, 2.05) is 0 Å². The van der Waals surface area contributed by atoms with Gasteiger partial charge in [-0.15, -0.1) is 0 Å². The van der Waals surface area contributed by atoms with Crippen molar-refractivity contribution in [1.29, 1.82) is 0 Å². The molecule has 2 N–H and O–H groups in total. The molecule has 0 saturated heterocycles. The van der Waals surface area contributed by atoms with Crippen LogP contribution in [-0.2, 0) is 9.05 Å². The Morgan fingerprint density at radius 1 is 1.19 bits per heavy atom. The Hall–Kier alpha value is -1.83. The van der Waals surface area contributed by atoms with Gasteiger partial charge in [-0.2, -0.15) is 0 Å². The summed E-state index contributed by atoms with van der Waals surface area (Å²) in [5.74, 6) is 0. The second-order valence-electron chi connectivity index (χ2n) is 3.90. The number of anilines is 2. The van der Waals surface area contributed by atoms with Crippen molar-refractivity contribution in [3.8, 4) is 0 Å². The maximum absolute atomic E-state index is 11.8. The molecule has 1 heterocycles. The monoisotopic (exact) mass is 345 g/mol. The van der Waals surface area contributed by atoms with Crippen molar-refractivity contribution in [3.63, 3.8) is 0 Å². The molecule has 1 aromatic carbocycles. The number of hydrogen-bond donors (Lipinski definition) is 2. The number of pyridine rings is 1. The number of urea groups is 1. The van der Waals surface area contributed by atoms with Gasteiger partial charge in [0.05, 0.1) is 27.5 Å². The van der Waals surface area contributed by atoms with E-state index in [0.717, 1.165) is 6.07 Å². The van der Waals surface area contributed by atoms with E-state index in [2.05, 4.69) is 15.6 Å². The van der Waals surface area contributed by atoms with Gasteiger partial charge in [-0.3, -0.25) is 4.98 Å². The molecule has 0 unspecified atom stereocenters. The molecule has 0 saturated carbocycles. The Bertz CT molecular complexity index is 767. The molecule has 0 radical (unpaired) electrons. The minimum Gasteiger partial charge on any atom is -0.306 e. The van der Waals surface area contributed by atoms with Gasteiger partial charge < -0.3 is 10.6 Å². The van der Waals surface area contributed by atoms with Gasteiger partial charge in [-0.25, -0.2) is 13.2 Å². The average Bonchev–Trinajstić information content (AvgIpc) is 2.41. The molecule has 21 heavy (non-hydrogen) atoms. The molecule has 2 rings (SSSR count). The first-order valence-electron chi connectivity index (χ1n) is 5.58. The molecule has 0 spiro atoms. The van der Waals surface area contributed by atoms with Gasteiger partial charge in [0.25, 0.3) is 9.05 Å². The number of hydrogen-bond acceptors (Lipinski definition) is 4. The van der Waals surface area contributed by atoms with Crippen LogP contribution >= 0.6 is 22.3 Å². The summed E-state index contributed by atoms with van der Waals surface area (Å²) in [6.45, 7) is 0. The van der Waals surface area contributed by atoms with Crippen LogP contribution in [0.3, 0.4) is 0 Å². The van der Waals surface area contributed by atoms with Crippen molar-refractivity contribution in [2.24, 2.45) is 0 Å². The molecule has 0 aliphatic carbocycles. The van der Waals surface area contributed by atoms with Crippen LogP contribution in [0.4, 0.5) is 16.2 Å². The third kappa shape index (κ3) is 4.32. The Morgan fingerprint density at radius 3 is 2.52 bits per heavy atom. The van der Waals surface area contributed by atoms with E-state index in [0.29, 0.717) is 5.69 Å². The highest BCUT2D eigenvalue weighted by Gasteiger charge is 2.13. The van der Waals surface area contributed by atoms with Gasteiger partial charge >= 0.3 is 6.03 Å². The number of aromatic nitrogens is 1. The predicted octanol–water partition coefficient (Wildman–Crippen LogP) is 3.31. The van der Waals surface area contributed by atoms with Crippen molar-refractivity contribution in [2.45, 2.75) is 4.90 Å². The fourth-order valence-electron chi connectivity index (χ4n) is 1.47. The third-order valence-electron chi connectivity index (χ3n) is 2.39. The molecule has 9 heteroatoms. The smallest absolute Gasteiger partial charge is 0.306 e. The molecule has 110 valence electrons. The molecular formula is C12H9Cl2N3O3S. The average molecular weight is 346 g/mol. The lowest BCUT2D eigenvalue weighted by atomic mass is 10.3. The second kappa shape index (κ2) is 6.30. The number of nitrogens with one attached hydrogen (secondary N) is 2. The largest absolute Gasteiger partial charge is 0.323 e. The number of rotatable bonds is 3. The van der Waals surface area contributed by atoms with E-state index in [4.69, 9.17) is 22.3 Å². The summed E-state index contributed by atoms with van der Waals surface area (Å²) >= 11 is 5.90. The zero-order valence-corrected chi connectivity index (χ0v) is 12.7. The zero-order valence-electron chi connectivity index (χ0n) is 10.4. The molecule has 0 aliphatic rings. The summed E-state index contributed by atoms with van der Waals surface area (Å²) in [5.41, 5.74) is 0.758. The first kappa shape index (κ1) is 15.6. The van der Waals surface area contributed by atoms with Gasteiger partial charge in [0.15, 0.2) is 0 Å². The number of carbonyl (C=O) groups excluding carboxylic acids is 1. The van der Waals surface area contributed by atoms with Crippen molar-refractivity contribution < 1.29 is 13.2 Å². The van der Waals surface area contributed by atoms with Crippen LogP contribution in [-0.4, -0.2) is 19.4 Å². The first-order chi connectivity index (χ1) is 9.86. The van der Waals surface area contributed by atoms with Crippen LogP contribution in [0.15, 0.2) is 47.6 Å². The fourth-order valence-corrected chi connectivity index (χ4v) is 2.54. The van der Waals surface area contributed by atoms with E-state index in [1.54, 1.807) is 18.3 Å². The number of benzene rings is 1. The molecule has 2 aromatic rings. The van der Waals surface area contributed by atoms with Crippen molar-refractivity contribution >= 4 is 48.7 Å². The lowest BCUT2D eigenvalue weighted by Gasteiger charge is -2.09. The zero-order chi connectivity index (χ0) is 15.5. The molecule has 6 nitrogen and oxygen atoms in total. The highest BCUT2D eigenvalue weighted by molar-refractivity contribution is 8.13. The normalized spacial score (nSPS) is 11.0. The molecule has 1 aromatic heterocycles. The fraction of sp³-hybridized carbons (Fsp3) is 0. The maximum Gasteiger partial charge on any atom is 0.323 e. The van der Waals surface area contributed by atoms with Crippen LogP contribution in [0, 0.1) is 0 Å². The summed E-state index contributed by atoms with van der Waals surface area (Å²) in [7, 11) is 1.33.